The molecule has 1 aromatic heterocycles. The van der Waals surface area contributed by atoms with Gasteiger partial charge in [0.05, 0.1) is 25.0 Å². The smallest absolute Gasteiger partial charge is 0.262 e. The van der Waals surface area contributed by atoms with Gasteiger partial charge in [0.2, 0.25) is 5.91 Å². The van der Waals surface area contributed by atoms with Crippen LogP contribution in [0.2, 0.25) is 0 Å². The van der Waals surface area contributed by atoms with E-state index in [1.54, 1.807) is 17.9 Å². The Balaban J connectivity index is 1.38. The second-order valence-corrected chi connectivity index (χ2v) is 10.1. The van der Waals surface area contributed by atoms with Gasteiger partial charge in [-0.3, -0.25) is 4.79 Å². The lowest BCUT2D eigenvalue weighted by Gasteiger charge is -2.39. The van der Waals surface area contributed by atoms with Gasteiger partial charge in [-0.2, -0.15) is 4.31 Å². The highest BCUT2D eigenvalue weighted by molar-refractivity contribution is 7.89. The zero-order chi connectivity index (χ0) is 22.7. The summed E-state index contributed by atoms with van der Waals surface area (Å²) in [5.74, 6) is 0.555. The highest BCUT2D eigenvalue weighted by Gasteiger charge is 2.36. The average Bonchev–Trinajstić information content (AvgIpc) is 3.34. The van der Waals surface area contributed by atoms with E-state index < -0.39 is 10.0 Å². The molecular formula is C22H31N5O4S. The van der Waals surface area contributed by atoms with Crippen LogP contribution in [0.3, 0.4) is 0 Å². The van der Waals surface area contributed by atoms with Crippen LogP contribution in [0.1, 0.15) is 19.8 Å². The van der Waals surface area contributed by atoms with E-state index in [4.69, 9.17) is 4.74 Å². The molecule has 2 saturated heterocycles. The molecule has 0 bridgehead atoms. The number of methoxy groups -OCH3 is 1. The van der Waals surface area contributed by atoms with Crippen LogP contribution in [0, 0.1) is 5.92 Å². The van der Waals surface area contributed by atoms with Crippen molar-refractivity contribution in [2.75, 3.05) is 51.3 Å². The van der Waals surface area contributed by atoms with E-state index in [1.165, 1.54) is 10.6 Å². The molecule has 32 heavy (non-hydrogen) atoms. The van der Waals surface area contributed by atoms with Crippen molar-refractivity contribution in [2.45, 2.75) is 31.3 Å². The molecule has 1 amide bonds. The minimum absolute atomic E-state index is 0.0451. The fraction of sp³-hybridized carbons (Fsp3) is 0.545. The minimum atomic E-state index is -3.69. The van der Waals surface area contributed by atoms with Crippen molar-refractivity contribution in [3.8, 4) is 5.75 Å². The van der Waals surface area contributed by atoms with E-state index in [-0.39, 0.29) is 23.4 Å². The highest BCUT2D eigenvalue weighted by Crippen LogP contribution is 2.29. The molecule has 10 heteroatoms. The SMILES string of the molecule is CCn1cnc(S(=O)(=O)N2CCC[C@H](C(=O)N3CCN(c4ccccc4OC)CC3)C2)c1. The van der Waals surface area contributed by atoms with Crippen molar-refractivity contribution >= 4 is 21.6 Å². The van der Waals surface area contributed by atoms with Gasteiger partial charge in [-0.1, -0.05) is 12.1 Å². The number of aryl methyl sites for hydroxylation is 1. The molecule has 0 spiro atoms. The number of carbonyl (C=O) groups is 1. The third-order valence-corrected chi connectivity index (χ3v) is 8.08. The summed E-state index contributed by atoms with van der Waals surface area (Å²) in [6.07, 6.45) is 4.46. The van der Waals surface area contributed by atoms with Crippen molar-refractivity contribution in [3.63, 3.8) is 0 Å². The lowest BCUT2D eigenvalue weighted by Crippen LogP contribution is -2.53. The van der Waals surface area contributed by atoms with Crippen LogP contribution in [0.25, 0.3) is 0 Å². The van der Waals surface area contributed by atoms with Crippen LogP contribution < -0.4 is 9.64 Å². The number of ether oxygens (including phenoxy) is 1. The van der Waals surface area contributed by atoms with Crippen LogP contribution in [0.15, 0.2) is 41.8 Å². The van der Waals surface area contributed by atoms with Crippen LogP contribution in [-0.2, 0) is 21.4 Å². The number of benzene rings is 1. The number of para-hydroxylation sites is 2. The maximum absolute atomic E-state index is 13.2. The second-order valence-electron chi connectivity index (χ2n) is 8.23. The third kappa shape index (κ3) is 4.47. The van der Waals surface area contributed by atoms with Gasteiger partial charge >= 0.3 is 0 Å². The number of sulfonamides is 1. The Morgan fingerprint density at radius 3 is 2.59 bits per heavy atom. The van der Waals surface area contributed by atoms with E-state index >= 15 is 0 Å². The first-order valence-electron chi connectivity index (χ1n) is 11.1. The molecule has 2 aromatic rings. The van der Waals surface area contributed by atoms with Crippen molar-refractivity contribution < 1.29 is 17.9 Å². The summed E-state index contributed by atoms with van der Waals surface area (Å²) in [7, 11) is -2.03. The lowest BCUT2D eigenvalue weighted by atomic mass is 9.97. The molecule has 0 saturated carbocycles. The summed E-state index contributed by atoms with van der Waals surface area (Å²) in [6.45, 7) is 5.89. The highest BCUT2D eigenvalue weighted by atomic mass is 32.2. The average molecular weight is 462 g/mol. The molecule has 2 fully saturated rings. The quantitative estimate of drug-likeness (QED) is 0.650. The molecular weight excluding hydrogens is 430 g/mol. The predicted molar refractivity (Wildman–Crippen MR) is 121 cm³/mol. The molecule has 0 aliphatic carbocycles. The summed E-state index contributed by atoms with van der Waals surface area (Å²) in [5.41, 5.74) is 1.03. The molecule has 2 aliphatic heterocycles. The van der Waals surface area contributed by atoms with Gasteiger partial charge in [0, 0.05) is 52.0 Å². The molecule has 4 rings (SSSR count). The predicted octanol–water partition coefficient (Wildman–Crippen LogP) is 1.66. The fourth-order valence-corrected chi connectivity index (χ4v) is 5.92. The molecule has 3 heterocycles. The Kier molecular flexibility index (Phi) is 6.71. The largest absolute Gasteiger partial charge is 0.495 e. The summed E-state index contributed by atoms with van der Waals surface area (Å²) < 4.78 is 34.7. The van der Waals surface area contributed by atoms with Gasteiger partial charge in [-0.15, -0.1) is 0 Å². The van der Waals surface area contributed by atoms with E-state index in [1.807, 2.05) is 36.1 Å². The number of hydrogen-bond acceptors (Lipinski definition) is 6. The van der Waals surface area contributed by atoms with Gasteiger partial charge in [-0.05, 0) is 31.9 Å². The first kappa shape index (κ1) is 22.6. The van der Waals surface area contributed by atoms with E-state index in [2.05, 4.69) is 9.88 Å². The van der Waals surface area contributed by atoms with E-state index in [0.29, 0.717) is 39.0 Å². The molecule has 1 aromatic carbocycles. The number of aromatic nitrogens is 2. The lowest BCUT2D eigenvalue weighted by molar-refractivity contribution is -0.137. The molecule has 2 aliphatic rings. The Bertz CT molecular complexity index is 1050. The molecule has 174 valence electrons. The standard InChI is InChI=1S/C22H31N5O4S/c1-3-24-16-21(23-17-24)32(29,30)27-10-6-7-18(15-27)22(28)26-13-11-25(12-14-26)19-8-4-5-9-20(19)31-2/h4-5,8-9,16-18H,3,6-7,10-15H2,1-2H3/t18-/m0/s1. The third-order valence-electron chi connectivity index (χ3n) is 6.33. The van der Waals surface area contributed by atoms with E-state index in [0.717, 1.165) is 24.5 Å². The number of imidazole rings is 1. The second kappa shape index (κ2) is 9.50. The van der Waals surface area contributed by atoms with Gasteiger partial charge < -0.3 is 19.1 Å². The normalized spacial score (nSPS) is 20.4. The molecule has 0 radical (unpaired) electrons. The number of hydrogen-bond donors (Lipinski definition) is 0. The van der Waals surface area contributed by atoms with Crippen LogP contribution in [-0.4, -0.2) is 79.5 Å². The molecule has 1 atom stereocenters. The number of rotatable bonds is 6. The summed E-state index contributed by atoms with van der Waals surface area (Å²) in [4.78, 5) is 21.4. The zero-order valence-corrected chi connectivity index (χ0v) is 19.5. The fourth-order valence-electron chi connectivity index (χ4n) is 4.46. The van der Waals surface area contributed by atoms with Gasteiger partial charge in [0.25, 0.3) is 10.0 Å². The maximum Gasteiger partial charge on any atom is 0.262 e. The Morgan fingerprint density at radius 2 is 1.91 bits per heavy atom. The van der Waals surface area contributed by atoms with Crippen LogP contribution >= 0.6 is 0 Å². The Labute approximate surface area is 189 Å². The van der Waals surface area contributed by atoms with Gasteiger partial charge in [0.15, 0.2) is 5.03 Å². The van der Waals surface area contributed by atoms with Crippen molar-refractivity contribution in [3.05, 3.63) is 36.8 Å². The summed E-state index contributed by atoms with van der Waals surface area (Å²) in [5, 5.41) is 0.0536. The molecule has 0 unspecified atom stereocenters. The summed E-state index contributed by atoms with van der Waals surface area (Å²) >= 11 is 0. The Morgan fingerprint density at radius 1 is 1.16 bits per heavy atom. The Hall–Kier alpha value is -2.59. The van der Waals surface area contributed by atoms with Crippen molar-refractivity contribution in [1.29, 1.82) is 0 Å². The van der Waals surface area contributed by atoms with Crippen LogP contribution in [0.5, 0.6) is 5.75 Å². The first-order valence-corrected chi connectivity index (χ1v) is 12.6. The van der Waals surface area contributed by atoms with Gasteiger partial charge in [-0.25, -0.2) is 13.4 Å². The first-order chi connectivity index (χ1) is 15.4. The number of nitrogens with zero attached hydrogens (tertiary/aromatic N) is 5. The monoisotopic (exact) mass is 461 g/mol. The molecule has 9 nitrogen and oxygen atoms in total. The van der Waals surface area contributed by atoms with Crippen molar-refractivity contribution in [2.24, 2.45) is 5.92 Å². The molecule has 0 N–H and O–H groups in total. The van der Waals surface area contributed by atoms with E-state index in [9.17, 15) is 13.2 Å². The number of piperazine rings is 1. The number of piperidine rings is 1. The topological polar surface area (TPSA) is 88.0 Å². The summed E-state index contributed by atoms with van der Waals surface area (Å²) in [6, 6.07) is 7.89. The van der Waals surface area contributed by atoms with Crippen molar-refractivity contribution in [1.82, 2.24) is 18.8 Å². The number of amides is 1. The number of carbonyl (C=O) groups excluding carboxylic acids is 1. The van der Waals surface area contributed by atoms with Crippen LogP contribution in [0.4, 0.5) is 5.69 Å². The minimum Gasteiger partial charge on any atom is -0.495 e. The number of anilines is 1. The maximum atomic E-state index is 13.2. The van der Waals surface area contributed by atoms with Gasteiger partial charge in [0.1, 0.15) is 5.75 Å². The zero-order valence-electron chi connectivity index (χ0n) is 18.7.